The molecular formula is C22H25FN6O4S. The number of piperazine rings is 1. The molecule has 1 aromatic carbocycles. The molecule has 4 rings (SSSR count). The van der Waals surface area contributed by atoms with Gasteiger partial charge in [-0.1, -0.05) is 0 Å². The number of carbonyl (C=O) groups excluding carboxylic acids is 2. The van der Waals surface area contributed by atoms with E-state index in [1.165, 1.54) is 30.5 Å². The first-order valence-corrected chi connectivity index (χ1v) is 11.1. The number of carbonyl (C=O) groups is 2. The Bertz CT molecular complexity index is 1090. The Kier molecular flexibility index (Phi) is 6.96. The number of aromatic nitrogens is 1. The van der Waals surface area contributed by atoms with E-state index in [9.17, 15) is 9.59 Å². The molecule has 0 bridgehead atoms. The smallest absolute Gasteiger partial charge is 0.414 e. The lowest BCUT2D eigenvalue weighted by molar-refractivity contribution is 0.0747. The molecule has 180 valence electrons. The van der Waals surface area contributed by atoms with Crippen molar-refractivity contribution in [2.24, 2.45) is 0 Å². The average molecular weight is 489 g/mol. The number of rotatable bonds is 5. The minimum absolute atomic E-state index is 0.191. The molecule has 2 aromatic rings. The van der Waals surface area contributed by atoms with Crippen LogP contribution in [-0.2, 0) is 9.47 Å². The molecule has 3 heterocycles. The minimum Gasteiger partial charge on any atom is -0.474 e. The number of halogens is 1. The fraction of sp³-hybridized carbons (Fsp3) is 0.364. The Morgan fingerprint density at radius 2 is 2.09 bits per heavy atom. The maximum atomic E-state index is 15.0. The van der Waals surface area contributed by atoms with Crippen LogP contribution in [0.2, 0.25) is 0 Å². The third kappa shape index (κ3) is 4.96. The van der Waals surface area contributed by atoms with Crippen molar-refractivity contribution in [2.75, 3.05) is 61.9 Å². The Balaban J connectivity index is 1.37. The Labute approximate surface area is 201 Å². The average Bonchev–Trinajstić information content (AvgIpc) is 3.23. The second kappa shape index (κ2) is 10.1. The van der Waals surface area contributed by atoms with Gasteiger partial charge in [0, 0.05) is 44.3 Å². The van der Waals surface area contributed by atoms with E-state index < -0.39 is 18.0 Å². The molecule has 0 radical (unpaired) electrons. The number of amides is 2. The zero-order valence-corrected chi connectivity index (χ0v) is 19.4. The molecule has 12 heteroatoms. The number of pyridine rings is 1. The van der Waals surface area contributed by atoms with Gasteiger partial charge in [-0.25, -0.2) is 9.18 Å². The number of nitrogens with zero attached hydrogens (tertiary/aromatic N) is 4. The monoisotopic (exact) mass is 488 g/mol. The summed E-state index contributed by atoms with van der Waals surface area (Å²) < 4.78 is 25.2. The van der Waals surface area contributed by atoms with Gasteiger partial charge >= 0.3 is 6.09 Å². The summed E-state index contributed by atoms with van der Waals surface area (Å²) in [6, 6.07) is 6.23. The van der Waals surface area contributed by atoms with Gasteiger partial charge in [-0.2, -0.15) is 0 Å². The van der Waals surface area contributed by atoms with Crippen molar-refractivity contribution in [3.05, 3.63) is 48.0 Å². The van der Waals surface area contributed by atoms with Crippen molar-refractivity contribution >= 4 is 46.5 Å². The number of nitrogens with one attached hydrogen (secondary N) is 1. The van der Waals surface area contributed by atoms with Gasteiger partial charge in [-0.05, 0) is 36.5 Å². The van der Waals surface area contributed by atoms with Crippen molar-refractivity contribution in [1.29, 1.82) is 0 Å². The molecule has 3 N–H and O–H groups in total. The van der Waals surface area contributed by atoms with Gasteiger partial charge in [0.2, 0.25) is 0 Å². The van der Waals surface area contributed by atoms with E-state index in [-0.39, 0.29) is 17.6 Å². The molecule has 34 heavy (non-hydrogen) atoms. The number of ether oxygens (including phenoxy) is 2. The van der Waals surface area contributed by atoms with E-state index in [2.05, 4.69) is 10.3 Å². The van der Waals surface area contributed by atoms with Gasteiger partial charge in [0.05, 0.1) is 37.1 Å². The lowest BCUT2D eigenvalue weighted by Crippen LogP contribution is -2.49. The summed E-state index contributed by atoms with van der Waals surface area (Å²) in [6.45, 7) is 2.32. The Morgan fingerprint density at radius 3 is 2.76 bits per heavy atom. The highest BCUT2D eigenvalue weighted by atomic mass is 32.1. The molecule has 0 aliphatic carbocycles. The first-order chi connectivity index (χ1) is 16.4. The second-order valence-corrected chi connectivity index (χ2v) is 8.24. The van der Waals surface area contributed by atoms with Crippen LogP contribution in [0.15, 0.2) is 36.7 Å². The van der Waals surface area contributed by atoms with Gasteiger partial charge < -0.3 is 30.3 Å². The predicted molar refractivity (Wildman–Crippen MR) is 128 cm³/mol. The summed E-state index contributed by atoms with van der Waals surface area (Å²) in [5, 5.41) is 3.05. The third-order valence-corrected chi connectivity index (χ3v) is 6.08. The summed E-state index contributed by atoms with van der Waals surface area (Å²) in [5.74, 6) is -0.646. The van der Waals surface area contributed by atoms with E-state index in [0.717, 1.165) is 0 Å². The van der Waals surface area contributed by atoms with E-state index in [1.807, 2.05) is 4.90 Å². The summed E-state index contributed by atoms with van der Waals surface area (Å²) >= 11 is 4.92. The van der Waals surface area contributed by atoms with Crippen molar-refractivity contribution in [2.45, 2.75) is 6.10 Å². The molecule has 10 nitrogen and oxygen atoms in total. The molecule has 2 fully saturated rings. The Morgan fingerprint density at radius 1 is 1.32 bits per heavy atom. The fourth-order valence-electron chi connectivity index (χ4n) is 3.93. The predicted octanol–water partition coefficient (Wildman–Crippen LogP) is 1.61. The molecule has 2 saturated heterocycles. The van der Waals surface area contributed by atoms with Crippen LogP contribution in [-0.4, -0.2) is 79.5 Å². The van der Waals surface area contributed by atoms with Gasteiger partial charge in [-0.3, -0.25) is 14.7 Å². The zero-order valence-electron chi connectivity index (χ0n) is 18.6. The van der Waals surface area contributed by atoms with Crippen molar-refractivity contribution in [1.82, 2.24) is 15.2 Å². The number of nitrogens with two attached hydrogens (primary N) is 1. The van der Waals surface area contributed by atoms with Crippen LogP contribution in [0.5, 0.6) is 0 Å². The minimum atomic E-state index is -0.552. The quantitative estimate of drug-likeness (QED) is 0.606. The number of benzene rings is 1. The number of thiocarbonyl (C=S) groups is 1. The van der Waals surface area contributed by atoms with Crippen LogP contribution in [0.1, 0.15) is 10.4 Å². The molecular weight excluding hydrogens is 463 g/mol. The second-order valence-electron chi connectivity index (χ2n) is 7.87. The summed E-state index contributed by atoms with van der Waals surface area (Å²) in [5.41, 5.74) is 7.45. The highest BCUT2D eigenvalue weighted by molar-refractivity contribution is 7.80. The summed E-state index contributed by atoms with van der Waals surface area (Å²) in [4.78, 5) is 33.9. The van der Waals surface area contributed by atoms with Gasteiger partial charge in [0.1, 0.15) is 11.9 Å². The lowest BCUT2D eigenvalue weighted by atomic mass is 10.1. The van der Waals surface area contributed by atoms with Crippen molar-refractivity contribution < 1.29 is 23.5 Å². The number of cyclic esters (lactones) is 1. The van der Waals surface area contributed by atoms with Gasteiger partial charge in [0.15, 0.2) is 0 Å². The SMILES string of the molecule is COC(=S)NC[C@H]1CN(c2ccc(N3CCN(C(=O)c4cnccc4N)CC3)c(F)c2)C(=O)O1. The zero-order chi connectivity index (χ0) is 24.2. The van der Waals surface area contributed by atoms with Crippen LogP contribution < -0.4 is 20.9 Å². The number of anilines is 3. The van der Waals surface area contributed by atoms with Crippen LogP contribution >= 0.6 is 12.2 Å². The highest BCUT2D eigenvalue weighted by Gasteiger charge is 2.33. The number of methoxy groups -OCH3 is 1. The number of hydrogen-bond donors (Lipinski definition) is 2. The number of hydrogen-bond acceptors (Lipinski definition) is 8. The highest BCUT2D eigenvalue weighted by Crippen LogP contribution is 2.29. The van der Waals surface area contributed by atoms with E-state index >= 15 is 4.39 Å². The molecule has 2 aliphatic rings. The van der Waals surface area contributed by atoms with E-state index in [0.29, 0.717) is 55.3 Å². The molecule has 1 atom stereocenters. The van der Waals surface area contributed by atoms with Crippen LogP contribution in [0.4, 0.5) is 26.2 Å². The molecule has 0 saturated carbocycles. The van der Waals surface area contributed by atoms with Gasteiger partial charge in [-0.15, -0.1) is 0 Å². The first-order valence-electron chi connectivity index (χ1n) is 10.7. The van der Waals surface area contributed by atoms with E-state index in [4.69, 9.17) is 27.4 Å². The van der Waals surface area contributed by atoms with Crippen molar-refractivity contribution in [3.63, 3.8) is 0 Å². The third-order valence-electron chi connectivity index (χ3n) is 5.77. The van der Waals surface area contributed by atoms with Crippen molar-refractivity contribution in [3.8, 4) is 0 Å². The molecule has 0 spiro atoms. The maximum Gasteiger partial charge on any atom is 0.414 e. The lowest BCUT2D eigenvalue weighted by Gasteiger charge is -2.36. The van der Waals surface area contributed by atoms with E-state index in [1.54, 1.807) is 23.1 Å². The molecule has 1 aromatic heterocycles. The largest absolute Gasteiger partial charge is 0.474 e. The van der Waals surface area contributed by atoms with Crippen LogP contribution in [0, 0.1) is 5.82 Å². The fourth-order valence-corrected chi connectivity index (χ4v) is 4.02. The molecule has 0 unspecified atom stereocenters. The summed E-state index contributed by atoms with van der Waals surface area (Å²) in [7, 11) is 1.45. The molecule has 2 aliphatic heterocycles. The Hall–Kier alpha value is -3.67. The normalized spacial score (nSPS) is 18.0. The topological polar surface area (TPSA) is 113 Å². The standard InChI is InChI=1S/C22H25FN6O4S/c1-32-21(34)26-11-15-13-29(22(31)33-15)14-2-3-19(17(23)10-14)27-6-8-28(9-7-27)20(30)16-12-25-5-4-18(16)24/h2-5,10,12,15H,6-9,11,13H2,1H3,(H2,24,25)(H,26,34)/t15-/m0/s1. The van der Waals surface area contributed by atoms with Gasteiger partial charge in [0.25, 0.3) is 11.1 Å². The maximum absolute atomic E-state index is 15.0. The first kappa shape index (κ1) is 23.5. The van der Waals surface area contributed by atoms with Crippen LogP contribution in [0.3, 0.4) is 0 Å². The molecule has 2 amide bonds. The number of nitrogen functional groups attached to an aromatic ring is 1. The van der Waals surface area contributed by atoms with Crippen LogP contribution in [0.25, 0.3) is 0 Å². The summed E-state index contributed by atoms with van der Waals surface area (Å²) in [6.07, 6.45) is 2.00.